The first-order valence-electron chi connectivity index (χ1n) is 6.65. The van der Waals surface area contributed by atoms with Crippen LogP contribution in [0.25, 0.3) is 0 Å². The van der Waals surface area contributed by atoms with E-state index >= 15 is 0 Å². The Morgan fingerprint density at radius 2 is 2.19 bits per heavy atom. The summed E-state index contributed by atoms with van der Waals surface area (Å²) in [5, 5.41) is 6.49. The van der Waals surface area contributed by atoms with Crippen LogP contribution in [0.5, 0.6) is 0 Å². The monoisotopic (exact) mass is 291 g/mol. The molecular weight excluding hydrogens is 273 g/mol. The van der Waals surface area contributed by atoms with Crippen molar-refractivity contribution < 1.29 is 13.7 Å². The van der Waals surface area contributed by atoms with Crippen molar-refractivity contribution >= 4 is 5.91 Å². The number of nitrogens with zero attached hydrogens (tertiary/aromatic N) is 2. The van der Waals surface area contributed by atoms with Gasteiger partial charge in [0.05, 0.1) is 18.8 Å². The number of nitrogens with one attached hydrogen (secondary N) is 1. The average molecular weight is 291 g/mol. The number of rotatable bonds is 6. The van der Waals surface area contributed by atoms with Crippen LogP contribution in [0.3, 0.4) is 0 Å². The highest BCUT2D eigenvalue weighted by Crippen LogP contribution is 2.06. The van der Waals surface area contributed by atoms with Gasteiger partial charge < -0.3 is 9.84 Å². The minimum atomic E-state index is -0.316. The first kappa shape index (κ1) is 15.2. The molecule has 5 nitrogen and oxygen atoms in total. The molecular formula is C15H18FN3O2. The van der Waals surface area contributed by atoms with E-state index in [1.165, 1.54) is 6.07 Å². The molecule has 1 aromatic carbocycles. The van der Waals surface area contributed by atoms with Crippen molar-refractivity contribution in [2.75, 3.05) is 13.6 Å². The second kappa shape index (κ2) is 6.99. The van der Waals surface area contributed by atoms with Crippen LogP contribution in [0, 0.1) is 12.7 Å². The van der Waals surface area contributed by atoms with E-state index in [1.54, 1.807) is 30.1 Å². The number of likely N-dealkylation sites (N-methyl/N-ethyl adjacent to an activating group) is 1. The molecule has 21 heavy (non-hydrogen) atoms. The van der Waals surface area contributed by atoms with Gasteiger partial charge in [-0.05, 0) is 20.0 Å². The average Bonchev–Trinajstić information content (AvgIpc) is 2.83. The third kappa shape index (κ3) is 4.68. The van der Waals surface area contributed by atoms with E-state index in [9.17, 15) is 9.18 Å². The van der Waals surface area contributed by atoms with E-state index in [0.717, 1.165) is 5.69 Å². The molecule has 2 rings (SSSR count). The van der Waals surface area contributed by atoms with Crippen molar-refractivity contribution in [3.63, 3.8) is 0 Å². The molecule has 0 aliphatic heterocycles. The first-order chi connectivity index (χ1) is 10.0. The Balaban J connectivity index is 1.77. The Hall–Kier alpha value is -2.21. The zero-order valence-electron chi connectivity index (χ0n) is 12.1. The van der Waals surface area contributed by atoms with E-state index in [2.05, 4.69) is 10.5 Å². The summed E-state index contributed by atoms with van der Waals surface area (Å²) in [5.74, 6) is 0.220. The number of hydrogen-bond donors (Lipinski definition) is 1. The lowest BCUT2D eigenvalue weighted by atomic mass is 10.2. The van der Waals surface area contributed by atoms with Gasteiger partial charge in [0.15, 0.2) is 5.76 Å². The molecule has 1 aromatic heterocycles. The SMILES string of the molecule is Cc1cc(CN(C)CC(=O)NCc2ccccc2F)on1. The predicted octanol–water partition coefficient (Wildman–Crippen LogP) is 1.87. The molecule has 0 aliphatic rings. The van der Waals surface area contributed by atoms with Crippen LogP contribution >= 0.6 is 0 Å². The molecule has 0 saturated carbocycles. The largest absolute Gasteiger partial charge is 0.360 e. The lowest BCUT2D eigenvalue weighted by molar-refractivity contribution is -0.122. The summed E-state index contributed by atoms with van der Waals surface area (Å²) < 4.78 is 18.5. The van der Waals surface area contributed by atoms with Gasteiger partial charge >= 0.3 is 0 Å². The Morgan fingerprint density at radius 3 is 2.86 bits per heavy atom. The van der Waals surface area contributed by atoms with E-state index in [4.69, 9.17) is 4.52 Å². The number of carbonyl (C=O) groups is 1. The smallest absolute Gasteiger partial charge is 0.234 e. The summed E-state index contributed by atoms with van der Waals surface area (Å²) in [6, 6.07) is 8.21. The number of carbonyl (C=O) groups excluding carboxylic acids is 1. The van der Waals surface area contributed by atoms with Crippen LogP contribution in [0.2, 0.25) is 0 Å². The number of aryl methyl sites for hydroxylation is 1. The molecule has 1 amide bonds. The van der Waals surface area contributed by atoms with Gasteiger partial charge in [0.1, 0.15) is 5.82 Å². The van der Waals surface area contributed by atoms with Gasteiger partial charge in [0.2, 0.25) is 5.91 Å². The van der Waals surface area contributed by atoms with E-state index in [-0.39, 0.29) is 24.8 Å². The maximum atomic E-state index is 13.4. The summed E-state index contributed by atoms with van der Waals surface area (Å²) in [5.41, 5.74) is 1.28. The van der Waals surface area contributed by atoms with E-state index in [0.29, 0.717) is 17.9 Å². The Morgan fingerprint density at radius 1 is 1.43 bits per heavy atom. The summed E-state index contributed by atoms with van der Waals surface area (Å²) in [7, 11) is 1.81. The fourth-order valence-corrected chi connectivity index (χ4v) is 1.95. The molecule has 2 aromatic rings. The van der Waals surface area contributed by atoms with Crippen LogP contribution < -0.4 is 5.32 Å². The number of halogens is 1. The van der Waals surface area contributed by atoms with Crippen molar-refractivity contribution in [1.82, 2.24) is 15.4 Å². The highest BCUT2D eigenvalue weighted by atomic mass is 19.1. The first-order valence-corrected chi connectivity index (χ1v) is 6.65. The van der Waals surface area contributed by atoms with E-state index < -0.39 is 0 Å². The zero-order chi connectivity index (χ0) is 15.2. The molecule has 0 unspecified atom stereocenters. The molecule has 6 heteroatoms. The molecule has 1 N–H and O–H groups in total. The number of benzene rings is 1. The van der Waals surface area contributed by atoms with Gasteiger partial charge in [-0.15, -0.1) is 0 Å². The molecule has 0 bridgehead atoms. The van der Waals surface area contributed by atoms with Gasteiger partial charge in [0.25, 0.3) is 0 Å². The highest BCUT2D eigenvalue weighted by molar-refractivity contribution is 5.77. The summed E-state index contributed by atoms with van der Waals surface area (Å²) >= 11 is 0. The van der Waals surface area contributed by atoms with Crippen molar-refractivity contribution in [2.24, 2.45) is 0 Å². The normalized spacial score (nSPS) is 10.9. The molecule has 0 aliphatic carbocycles. The van der Waals surface area contributed by atoms with Gasteiger partial charge in [-0.1, -0.05) is 23.4 Å². The van der Waals surface area contributed by atoms with Crippen LogP contribution in [0.4, 0.5) is 4.39 Å². The van der Waals surface area contributed by atoms with Crippen molar-refractivity contribution in [3.05, 3.63) is 53.2 Å². The molecule has 1 heterocycles. The summed E-state index contributed by atoms with van der Waals surface area (Å²) in [6.45, 7) is 2.72. The highest BCUT2D eigenvalue weighted by Gasteiger charge is 2.10. The number of aromatic nitrogens is 1. The predicted molar refractivity (Wildman–Crippen MR) is 75.8 cm³/mol. The quantitative estimate of drug-likeness (QED) is 0.882. The van der Waals surface area contributed by atoms with Crippen LogP contribution in [0.1, 0.15) is 17.0 Å². The number of amides is 1. The maximum Gasteiger partial charge on any atom is 0.234 e. The minimum Gasteiger partial charge on any atom is -0.360 e. The fourth-order valence-electron chi connectivity index (χ4n) is 1.95. The maximum absolute atomic E-state index is 13.4. The third-order valence-electron chi connectivity index (χ3n) is 2.95. The molecule has 112 valence electrons. The summed E-state index contributed by atoms with van der Waals surface area (Å²) in [4.78, 5) is 13.6. The number of hydrogen-bond acceptors (Lipinski definition) is 4. The molecule has 0 spiro atoms. The van der Waals surface area contributed by atoms with Gasteiger partial charge in [0, 0.05) is 18.2 Å². The Labute approximate surface area is 122 Å². The zero-order valence-corrected chi connectivity index (χ0v) is 12.1. The summed E-state index contributed by atoms with van der Waals surface area (Å²) in [6.07, 6.45) is 0. The van der Waals surface area contributed by atoms with Crippen molar-refractivity contribution in [2.45, 2.75) is 20.0 Å². The van der Waals surface area contributed by atoms with Crippen LogP contribution in [-0.2, 0) is 17.9 Å². The molecule has 0 saturated heterocycles. The third-order valence-corrected chi connectivity index (χ3v) is 2.95. The molecule has 0 fully saturated rings. The topological polar surface area (TPSA) is 58.4 Å². The van der Waals surface area contributed by atoms with Crippen molar-refractivity contribution in [3.8, 4) is 0 Å². The molecule has 0 radical (unpaired) electrons. The molecule has 0 atom stereocenters. The second-order valence-electron chi connectivity index (χ2n) is 4.98. The van der Waals surface area contributed by atoms with Crippen LogP contribution in [-0.4, -0.2) is 29.6 Å². The standard InChI is InChI=1S/C15H18FN3O2/c1-11-7-13(21-18-11)9-19(2)10-15(20)17-8-12-5-3-4-6-14(12)16/h3-7H,8-10H2,1-2H3,(H,17,20). The lowest BCUT2D eigenvalue weighted by Gasteiger charge is -2.14. The van der Waals surface area contributed by atoms with Crippen LogP contribution in [0.15, 0.2) is 34.9 Å². The van der Waals surface area contributed by atoms with Gasteiger partial charge in [-0.2, -0.15) is 0 Å². The Bertz CT molecular complexity index is 612. The minimum absolute atomic E-state index is 0.169. The van der Waals surface area contributed by atoms with Gasteiger partial charge in [-0.3, -0.25) is 9.69 Å². The van der Waals surface area contributed by atoms with Gasteiger partial charge in [-0.25, -0.2) is 4.39 Å². The second-order valence-corrected chi connectivity index (χ2v) is 4.98. The van der Waals surface area contributed by atoms with E-state index in [1.807, 2.05) is 13.0 Å². The Kier molecular flexibility index (Phi) is 5.05. The fraction of sp³-hybridized carbons (Fsp3) is 0.333. The lowest BCUT2D eigenvalue weighted by Crippen LogP contribution is -2.34. The van der Waals surface area contributed by atoms with Crippen molar-refractivity contribution in [1.29, 1.82) is 0 Å².